The van der Waals surface area contributed by atoms with Crippen molar-refractivity contribution in [2.24, 2.45) is 17.8 Å². The normalized spacial score (nSPS) is 32.2. The summed E-state index contributed by atoms with van der Waals surface area (Å²) < 4.78 is 0. The second-order valence-corrected chi connectivity index (χ2v) is 4.31. The Bertz CT molecular complexity index is 281. The Hall–Kier alpha value is -0.920. The lowest BCUT2D eigenvalue weighted by Crippen LogP contribution is -1.96. The minimum Gasteiger partial charge on any atom is -0.241 e. The molecule has 70 valence electrons. The zero-order valence-corrected chi connectivity index (χ0v) is 8.44. The fourth-order valence-electron chi connectivity index (χ4n) is 2.41. The van der Waals surface area contributed by atoms with Crippen LogP contribution in [0, 0.1) is 17.8 Å². The number of hydrogen-bond donors (Lipinski definition) is 0. The SMILES string of the molecule is CC(C)C1C(C)C1c1ncccn1. The third-order valence-electron chi connectivity index (χ3n) is 3.10. The molecule has 1 aromatic heterocycles. The van der Waals surface area contributed by atoms with E-state index in [1.165, 1.54) is 0 Å². The van der Waals surface area contributed by atoms with Gasteiger partial charge in [-0.25, -0.2) is 9.97 Å². The summed E-state index contributed by atoms with van der Waals surface area (Å²) in [5.74, 6) is 3.96. The van der Waals surface area contributed by atoms with E-state index < -0.39 is 0 Å². The molecule has 3 atom stereocenters. The van der Waals surface area contributed by atoms with Crippen molar-refractivity contribution in [2.45, 2.75) is 26.7 Å². The average molecular weight is 176 g/mol. The minimum atomic E-state index is 0.612. The monoisotopic (exact) mass is 176 g/mol. The lowest BCUT2D eigenvalue weighted by Gasteiger charge is -2.01. The predicted octanol–water partition coefficient (Wildman–Crippen LogP) is 2.48. The summed E-state index contributed by atoms with van der Waals surface area (Å²) in [6.07, 6.45) is 3.68. The predicted molar refractivity (Wildman–Crippen MR) is 52.3 cm³/mol. The van der Waals surface area contributed by atoms with Crippen molar-refractivity contribution < 1.29 is 0 Å². The highest BCUT2D eigenvalue weighted by Gasteiger charge is 2.50. The highest BCUT2D eigenvalue weighted by Crippen LogP contribution is 2.56. The van der Waals surface area contributed by atoms with Gasteiger partial charge in [0.15, 0.2) is 0 Å². The van der Waals surface area contributed by atoms with Gasteiger partial charge in [-0.1, -0.05) is 20.8 Å². The quantitative estimate of drug-likeness (QED) is 0.691. The molecular formula is C11H16N2. The molecule has 1 fully saturated rings. The Kier molecular flexibility index (Phi) is 2.06. The van der Waals surface area contributed by atoms with E-state index >= 15 is 0 Å². The van der Waals surface area contributed by atoms with Crippen molar-refractivity contribution >= 4 is 0 Å². The van der Waals surface area contributed by atoms with Gasteiger partial charge in [-0.3, -0.25) is 0 Å². The molecule has 0 saturated heterocycles. The summed E-state index contributed by atoms with van der Waals surface area (Å²) in [6, 6.07) is 1.88. The van der Waals surface area contributed by atoms with Gasteiger partial charge in [0, 0.05) is 18.3 Å². The van der Waals surface area contributed by atoms with E-state index in [0.29, 0.717) is 5.92 Å². The zero-order valence-electron chi connectivity index (χ0n) is 8.44. The molecule has 2 heteroatoms. The molecule has 0 radical (unpaired) electrons. The third kappa shape index (κ3) is 1.45. The van der Waals surface area contributed by atoms with E-state index in [1.54, 1.807) is 0 Å². The molecule has 0 bridgehead atoms. The third-order valence-corrected chi connectivity index (χ3v) is 3.10. The van der Waals surface area contributed by atoms with Crippen LogP contribution in [0.25, 0.3) is 0 Å². The van der Waals surface area contributed by atoms with Crippen LogP contribution < -0.4 is 0 Å². The number of hydrogen-bond acceptors (Lipinski definition) is 2. The van der Waals surface area contributed by atoms with Gasteiger partial charge in [0.05, 0.1) is 0 Å². The van der Waals surface area contributed by atoms with Gasteiger partial charge >= 0.3 is 0 Å². The second kappa shape index (κ2) is 3.09. The average Bonchev–Trinajstić information content (AvgIpc) is 2.79. The molecule has 1 aromatic rings. The van der Waals surface area contributed by atoms with Crippen molar-refractivity contribution in [1.82, 2.24) is 9.97 Å². The van der Waals surface area contributed by atoms with Crippen LogP contribution in [0.15, 0.2) is 18.5 Å². The summed E-state index contributed by atoms with van der Waals surface area (Å²) in [7, 11) is 0. The van der Waals surface area contributed by atoms with Crippen LogP contribution in [0.5, 0.6) is 0 Å². The summed E-state index contributed by atoms with van der Waals surface area (Å²) in [5, 5.41) is 0. The maximum absolute atomic E-state index is 4.31. The van der Waals surface area contributed by atoms with Crippen LogP contribution in [-0.2, 0) is 0 Å². The molecule has 2 rings (SSSR count). The first kappa shape index (κ1) is 8.67. The van der Waals surface area contributed by atoms with Crippen LogP contribution in [0.1, 0.15) is 32.5 Å². The Morgan fingerprint density at radius 1 is 1.23 bits per heavy atom. The molecule has 2 nitrogen and oxygen atoms in total. The first-order valence-corrected chi connectivity index (χ1v) is 4.98. The van der Waals surface area contributed by atoms with Crippen LogP contribution in [0.4, 0.5) is 0 Å². The van der Waals surface area contributed by atoms with Crippen LogP contribution >= 0.6 is 0 Å². The van der Waals surface area contributed by atoms with Crippen LogP contribution in [0.2, 0.25) is 0 Å². The lowest BCUT2D eigenvalue weighted by atomic mass is 10.1. The maximum atomic E-state index is 4.31. The Labute approximate surface area is 79.4 Å². The first-order valence-electron chi connectivity index (χ1n) is 4.98. The summed E-state index contributed by atoms with van der Waals surface area (Å²) >= 11 is 0. The molecule has 1 aliphatic carbocycles. The van der Waals surface area contributed by atoms with Crippen LogP contribution in [0.3, 0.4) is 0 Å². The van der Waals surface area contributed by atoms with E-state index in [9.17, 15) is 0 Å². The van der Waals surface area contributed by atoms with E-state index in [0.717, 1.165) is 23.6 Å². The number of aromatic nitrogens is 2. The molecular weight excluding hydrogens is 160 g/mol. The van der Waals surface area contributed by atoms with Gasteiger partial charge in [0.25, 0.3) is 0 Å². The highest BCUT2D eigenvalue weighted by atomic mass is 14.9. The Morgan fingerprint density at radius 2 is 1.85 bits per heavy atom. The lowest BCUT2D eigenvalue weighted by molar-refractivity contribution is 0.521. The molecule has 1 aliphatic rings. The molecule has 13 heavy (non-hydrogen) atoms. The van der Waals surface area contributed by atoms with Gasteiger partial charge in [-0.15, -0.1) is 0 Å². The smallest absolute Gasteiger partial charge is 0.131 e. The van der Waals surface area contributed by atoms with E-state index in [4.69, 9.17) is 0 Å². The molecule has 0 spiro atoms. The topological polar surface area (TPSA) is 25.8 Å². The van der Waals surface area contributed by atoms with Gasteiger partial charge in [0.2, 0.25) is 0 Å². The van der Waals surface area contributed by atoms with Gasteiger partial charge < -0.3 is 0 Å². The summed E-state index contributed by atoms with van der Waals surface area (Å²) in [4.78, 5) is 8.63. The summed E-state index contributed by atoms with van der Waals surface area (Å²) in [5.41, 5.74) is 0. The van der Waals surface area contributed by atoms with E-state index in [-0.39, 0.29) is 0 Å². The summed E-state index contributed by atoms with van der Waals surface area (Å²) in [6.45, 7) is 6.86. The molecule has 0 N–H and O–H groups in total. The van der Waals surface area contributed by atoms with Gasteiger partial charge in [-0.05, 0) is 23.8 Å². The fourth-order valence-corrected chi connectivity index (χ4v) is 2.41. The minimum absolute atomic E-state index is 0.612. The largest absolute Gasteiger partial charge is 0.241 e. The standard InChI is InChI=1S/C11H16N2/c1-7(2)9-8(3)10(9)11-12-5-4-6-13-11/h4-10H,1-3H3. The molecule has 1 saturated carbocycles. The Balaban J connectivity index is 2.14. The first-order chi connectivity index (χ1) is 6.22. The van der Waals surface area contributed by atoms with Gasteiger partial charge in [-0.2, -0.15) is 0 Å². The highest BCUT2D eigenvalue weighted by molar-refractivity contribution is 5.14. The molecule has 3 unspecified atom stereocenters. The van der Waals surface area contributed by atoms with E-state index in [1.807, 2.05) is 18.5 Å². The molecule has 1 heterocycles. The molecule has 0 aromatic carbocycles. The van der Waals surface area contributed by atoms with Crippen molar-refractivity contribution in [1.29, 1.82) is 0 Å². The number of nitrogens with zero attached hydrogens (tertiary/aromatic N) is 2. The van der Waals surface area contributed by atoms with Crippen LogP contribution in [-0.4, -0.2) is 9.97 Å². The van der Waals surface area contributed by atoms with Crippen molar-refractivity contribution in [2.75, 3.05) is 0 Å². The number of rotatable bonds is 2. The zero-order chi connectivity index (χ0) is 9.42. The van der Waals surface area contributed by atoms with Crippen molar-refractivity contribution in [3.05, 3.63) is 24.3 Å². The molecule has 0 aliphatic heterocycles. The second-order valence-electron chi connectivity index (χ2n) is 4.31. The van der Waals surface area contributed by atoms with Crippen molar-refractivity contribution in [3.8, 4) is 0 Å². The molecule has 0 amide bonds. The van der Waals surface area contributed by atoms with E-state index in [2.05, 4.69) is 30.7 Å². The van der Waals surface area contributed by atoms with Gasteiger partial charge in [0.1, 0.15) is 5.82 Å². The fraction of sp³-hybridized carbons (Fsp3) is 0.636. The Morgan fingerprint density at radius 3 is 2.31 bits per heavy atom. The maximum Gasteiger partial charge on any atom is 0.131 e. The van der Waals surface area contributed by atoms with Crippen molar-refractivity contribution in [3.63, 3.8) is 0 Å².